The Balaban J connectivity index is 1.80. The van der Waals surface area contributed by atoms with Crippen molar-refractivity contribution in [1.29, 1.82) is 0 Å². The molecule has 0 bridgehead atoms. The van der Waals surface area contributed by atoms with E-state index >= 15 is 0 Å². The van der Waals surface area contributed by atoms with Crippen LogP contribution in [0, 0.1) is 5.92 Å². The number of carboxylic acids is 1. The van der Waals surface area contributed by atoms with Gasteiger partial charge in [-0.25, -0.2) is 9.78 Å². The first-order valence-corrected chi connectivity index (χ1v) is 7.88. The third kappa shape index (κ3) is 4.92. The molecule has 23 heavy (non-hydrogen) atoms. The Morgan fingerprint density at radius 3 is 2.48 bits per heavy atom. The number of hydrogen-bond acceptors (Lipinski definition) is 5. The molecular formula is C16H24N4O3. The first-order chi connectivity index (χ1) is 11.0. The van der Waals surface area contributed by atoms with Gasteiger partial charge < -0.3 is 15.3 Å². The van der Waals surface area contributed by atoms with Gasteiger partial charge in [0.15, 0.2) is 0 Å². The molecule has 0 aliphatic carbocycles. The van der Waals surface area contributed by atoms with Crippen LogP contribution in [0.5, 0.6) is 0 Å². The predicted octanol–water partition coefficient (Wildman–Crippen LogP) is 0.429. The lowest BCUT2D eigenvalue weighted by Crippen LogP contribution is -2.52. The van der Waals surface area contributed by atoms with E-state index in [4.69, 9.17) is 5.11 Å². The van der Waals surface area contributed by atoms with Crippen LogP contribution in [-0.4, -0.2) is 65.6 Å². The van der Waals surface area contributed by atoms with Crippen molar-refractivity contribution in [3.05, 3.63) is 24.4 Å². The second-order valence-corrected chi connectivity index (χ2v) is 6.08. The van der Waals surface area contributed by atoms with Crippen LogP contribution < -0.4 is 10.2 Å². The van der Waals surface area contributed by atoms with Gasteiger partial charge in [0, 0.05) is 32.4 Å². The molecular weight excluding hydrogens is 296 g/mol. The fraction of sp³-hybridized carbons (Fsp3) is 0.562. The summed E-state index contributed by atoms with van der Waals surface area (Å²) in [6.45, 7) is 6.91. The van der Waals surface area contributed by atoms with Crippen molar-refractivity contribution < 1.29 is 14.7 Å². The maximum Gasteiger partial charge on any atom is 0.326 e. The van der Waals surface area contributed by atoms with E-state index in [1.807, 2.05) is 23.1 Å². The number of hydrogen-bond donors (Lipinski definition) is 2. The van der Waals surface area contributed by atoms with E-state index in [9.17, 15) is 9.59 Å². The molecule has 7 nitrogen and oxygen atoms in total. The Hall–Kier alpha value is -2.15. The van der Waals surface area contributed by atoms with Crippen molar-refractivity contribution in [3.63, 3.8) is 0 Å². The van der Waals surface area contributed by atoms with Gasteiger partial charge in [0.1, 0.15) is 11.9 Å². The third-order valence-corrected chi connectivity index (χ3v) is 3.96. The molecule has 1 aliphatic rings. The number of aromatic nitrogens is 1. The number of aliphatic carboxylic acids is 1. The molecule has 0 saturated carbocycles. The Labute approximate surface area is 136 Å². The third-order valence-electron chi connectivity index (χ3n) is 3.96. The van der Waals surface area contributed by atoms with Crippen LogP contribution in [0.1, 0.15) is 13.8 Å². The Bertz CT molecular complexity index is 527. The van der Waals surface area contributed by atoms with E-state index in [2.05, 4.69) is 15.2 Å². The van der Waals surface area contributed by atoms with Gasteiger partial charge in [0.25, 0.3) is 0 Å². The number of amides is 1. The van der Waals surface area contributed by atoms with Gasteiger partial charge in [-0.1, -0.05) is 19.9 Å². The summed E-state index contributed by atoms with van der Waals surface area (Å²) < 4.78 is 0. The van der Waals surface area contributed by atoms with Crippen LogP contribution in [0.25, 0.3) is 0 Å². The summed E-state index contributed by atoms with van der Waals surface area (Å²) in [5, 5.41) is 11.7. The average Bonchev–Trinajstić information content (AvgIpc) is 2.53. The summed E-state index contributed by atoms with van der Waals surface area (Å²) in [6, 6.07) is 4.98. The van der Waals surface area contributed by atoms with Crippen molar-refractivity contribution in [3.8, 4) is 0 Å². The summed E-state index contributed by atoms with van der Waals surface area (Å²) in [6.07, 6.45) is 1.77. The molecule has 0 spiro atoms. The van der Waals surface area contributed by atoms with Crippen molar-refractivity contribution in [1.82, 2.24) is 15.2 Å². The summed E-state index contributed by atoms with van der Waals surface area (Å²) in [4.78, 5) is 31.7. The maximum atomic E-state index is 12.0. The van der Waals surface area contributed by atoms with E-state index in [-0.39, 0.29) is 18.4 Å². The van der Waals surface area contributed by atoms with Gasteiger partial charge in [0.2, 0.25) is 5.91 Å². The van der Waals surface area contributed by atoms with Gasteiger partial charge in [-0.2, -0.15) is 0 Å². The lowest BCUT2D eigenvalue weighted by Gasteiger charge is -2.35. The molecule has 1 amide bonds. The molecule has 1 fully saturated rings. The van der Waals surface area contributed by atoms with Crippen LogP contribution >= 0.6 is 0 Å². The number of carboxylic acid groups (broad SMARTS) is 1. The fourth-order valence-corrected chi connectivity index (χ4v) is 2.61. The van der Waals surface area contributed by atoms with Gasteiger partial charge in [-0.05, 0) is 18.1 Å². The van der Waals surface area contributed by atoms with Crippen molar-refractivity contribution in [2.24, 2.45) is 5.92 Å². The van der Waals surface area contributed by atoms with Crippen LogP contribution in [0.3, 0.4) is 0 Å². The van der Waals surface area contributed by atoms with E-state index in [1.165, 1.54) is 0 Å². The quantitative estimate of drug-likeness (QED) is 0.790. The van der Waals surface area contributed by atoms with Gasteiger partial charge in [-0.15, -0.1) is 0 Å². The number of piperazine rings is 1. The summed E-state index contributed by atoms with van der Waals surface area (Å²) in [5.74, 6) is -0.425. The number of carbonyl (C=O) groups is 2. The molecule has 0 radical (unpaired) electrons. The molecule has 2 rings (SSSR count). The number of carbonyl (C=O) groups excluding carboxylic acids is 1. The normalized spacial score (nSPS) is 17.1. The van der Waals surface area contributed by atoms with Crippen molar-refractivity contribution in [2.45, 2.75) is 19.9 Å². The lowest BCUT2D eigenvalue weighted by atomic mass is 10.0. The minimum atomic E-state index is -0.992. The SMILES string of the molecule is CC(C)[C@@H](NC(=O)CN1CCN(c2ccccn2)CC1)C(=O)O. The molecule has 0 unspecified atom stereocenters. The highest BCUT2D eigenvalue weighted by Crippen LogP contribution is 2.12. The standard InChI is InChI=1S/C16H24N4O3/c1-12(2)15(16(22)23)18-14(21)11-19-7-9-20(10-8-19)13-5-3-4-6-17-13/h3-6,12,15H,7-11H2,1-2H3,(H,18,21)(H,22,23)/t15-/m1/s1. The zero-order valence-corrected chi connectivity index (χ0v) is 13.6. The monoisotopic (exact) mass is 320 g/mol. The van der Waals surface area contributed by atoms with Crippen molar-refractivity contribution in [2.75, 3.05) is 37.6 Å². The minimum absolute atomic E-state index is 0.141. The highest BCUT2D eigenvalue weighted by molar-refractivity contribution is 5.84. The molecule has 2 N–H and O–H groups in total. The number of anilines is 1. The largest absolute Gasteiger partial charge is 0.480 e. The Morgan fingerprint density at radius 1 is 1.26 bits per heavy atom. The molecule has 1 aromatic rings. The topological polar surface area (TPSA) is 85.8 Å². The van der Waals surface area contributed by atoms with Gasteiger partial charge in [-0.3, -0.25) is 9.69 Å². The van der Waals surface area contributed by atoms with Gasteiger partial charge >= 0.3 is 5.97 Å². The molecule has 1 atom stereocenters. The molecule has 1 aliphatic heterocycles. The number of rotatable bonds is 6. The summed E-state index contributed by atoms with van der Waals surface area (Å²) >= 11 is 0. The number of pyridine rings is 1. The average molecular weight is 320 g/mol. The molecule has 2 heterocycles. The molecule has 1 saturated heterocycles. The lowest BCUT2D eigenvalue weighted by molar-refractivity contribution is -0.143. The highest BCUT2D eigenvalue weighted by atomic mass is 16.4. The predicted molar refractivity (Wildman–Crippen MR) is 87.3 cm³/mol. The van der Waals surface area contributed by atoms with Crippen LogP contribution in [0.4, 0.5) is 5.82 Å². The van der Waals surface area contributed by atoms with Crippen LogP contribution in [0.15, 0.2) is 24.4 Å². The highest BCUT2D eigenvalue weighted by Gasteiger charge is 2.25. The molecule has 126 valence electrons. The summed E-state index contributed by atoms with van der Waals surface area (Å²) in [5.41, 5.74) is 0. The molecule has 0 aromatic carbocycles. The Morgan fingerprint density at radius 2 is 1.96 bits per heavy atom. The van der Waals surface area contributed by atoms with Gasteiger partial charge in [0.05, 0.1) is 6.54 Å². The second-order valence-electron chi connectivity index (χ2n) is 6.08. The van der Waals surface area contributed by atoms with E-state index in [1.54, 1.807) is 20.0 Å². The van der Waals surface area contributed by atoms with E-state index in [0.29, 0.717) is 0 Å². The number of nitrogens with one attached hydrogen (secondary N) is 1. The van der Waals surface area contributed by atoms with E-state index in [0.717, 1.165) is 32.0 Å². The van der Waals surface area contributed by atoms with Crippen LogP contribution in [-0.2, 0) is 9.59 Å². The number of nitrogens with zero attached hydrogens (tertiary/aromatic N) is 3. The minimum Gasteiger partial charge on any atom is -0.480 e. The second kappa shape index (κ2) is 7.92. The van der Waals surface area contributed by atoms with Crippen LogP contribution in [0.2, 0.25) is 0 Å². The van der Waals surface area contributed by atoms with Crippen molar-refractivity contribution >= 4 is 17.7 Å². The smallest absolute Gasteiger partial charge is 0.326 e. The first kappa shape index (κ1) is 17.2. The Kier molecular flexibility index (Phi) is 5.92. The summed E-state index contributed by atoms with van der Waals surface area (Å²) in [7, 11) is 0. The fourth-order valence-electron chi connectivity index (χ4n) is 2.61. The molecule has 7 heteroatoms. The first-order valence-electron chi connectivity index (χ1n) is 7.88. The van der Waals surface area contributed by atoms with E-state index < -0.39 is 12.0 Å². The maximum absolute atomic E-state index is 12.0. The molecule has 1 aromatic heterocycles. The zero-order valence-electron chi connectivity index (χ0n) is 13.6. The zero-order chi connectivity index (χ0) is 16.8.